The normalized spacial score (nSPS) is 16.6. The van der Waals surface area contributed by atoms with Crippen LogP contribution in [0.5, 0.6) is 0 Å². The van der Waals surface area contributed by atoms with E-state index in [4.69, 9.17) is 9.47 Å². The summed E-state index contributed by atoms with van der Waals surface area (Å²) in [6.45, 7) is 0.840. The third kappa shape index (κ3) is 2.25. The van der Waals surface area contributed by atoms with Gasteiger partial charge in [0.05, 0.1) is 25.2 Å². The van der Waals surface area contributed by atoms with Gasteiger partial charge in [-0.1, -0.05) is 6.07 Å². The number of carbonyl (C=O) groups is 1. The largest absolute Gasteiger partial charge is 0.350 e. The number of carbonyl (C=O) groups excluding carboxylic acids is 1. The van der Waals surface area contributed by atoms with Gasteiger partial charge in [-0.15, -0.1) is 0 Å². The molecule has 1 aromatic rings. The van der Waals surface area contributed by atoms with Crippen LogP contribution in [-0.2, 0) is 9.47 Å². The van der Waals surface area contributed by atoms with Gasteiger partial charge in [-0.3, -0.25) is 4.79 Å². The maximum absolute atomic E-state index is 13.2. The van der Waals surface area contributed by atoms with Crippen LogP contribution < -0.4 is 0 Å². The summed E-state index contributed by atoms with van der Waals surface area (Å²) < 4.78 is 36.2. The van der Waals surface area contributed by atoms with E-state index in [-0.39, 0.29) is 12.0 Å². The number of hydrogen-bond acceptors (Lipinski definition) is 3. The summed E-state index contributed by atoms with van der Waals surface area (Å²) in [5.41, 5.74) is -0.265. The maximum Gasteiger partial charge on any atom is 0.170 e. The highest BCUT2D eigenvalue weighted by molar-refractivity contribution is 5.96. The lowest BCUT2D eigenvalue weighted by atomic mass is 10.1. The lowest BCUT2D eigenvalue weighted by molar-refractivity contribution is -0.0408. The molecule has 1 saturated heterocycles. The van der Waals surface area contributed by atoms with Crippen LogP contribution in [-0.4, -0.2) is 25.3 Å². The second-order valence-corrected chi connectivity index (χ2v) is 3.40. The van der Waals surface area contributed by atoms with Crippen LogP contribution in [0, 0.1) is 11.6 Å². The van der Waals surface area contributed by atoms with Crippen molar-refractivity contribution < 1.29 is 23.0 Å². The first kappa shape index (κ1) is 11.2. The van der Waals surface area contributed by atoms with Crippen molar-refractivity contribution in [3.63, 3.8) is 0 Å². The van der Waals surface area contributed by atoms with Crippen LogP contribution in [0.4, 0.5) is 8.78 Å². The Kier molecular flexibility index (Phi) is 3.26. The highest BCUT2D eigenvalue weighted by Gasteiger charge is 2.23. The number of rotatable bonds is 3. The SMILES string of the molecule is O=C(CC1OCCO1)c1cccc(F)c1F. The molecule has 0 aromatic heterocycles. The van der Waals surface area contributed by atoms with Crippen LogP contribution in [0.25, 0.3) is 0 Å². The van der Waals surface area contributed by atoms with Crippen LogP contribution >= 0.6 is 0 Å². The summed E-state index contributed by atoms with van der Waals surface area (Å²) in [7, 11) is 0. The molecule has 3 nitrogen and oxygen atoms in total. The lowest BCUT2D eigenvalue weighted by Crippen LogP contribution is -2.15. The quantitative estimate of drug-likeness (QED) is 0.741. The van der Waals surface area contributed by atoms with Gasteiger partial charge in [-0.2, -0.15) is 0 Å². The lowest BCUT2D eigenvalue weighted by Gasteiger charge is -2.08. The summed E-state index contributed by atoms with van der Waals surface area (Å²) in [5.74, 6) is -2.67. The number of Topliss-reactive ketones (excluding diaryl/α,β-unsaturated/α-hetero) is 1. The molecule has 0 saturated carbocycles. The van der Waals surface area contributed by atoms with Gasteiger partial charge in [0.15, 0.2) is 23.7 Å². The summed E-state index contributed by atoms with van der Waals surface area (Å²) in [4.78, 5) is 11.6. The third-order valence-corrected chi connectivity index (χ3v) is 2.29. The van der Waals surface area contributed by atoms with Gasteiger partial charge in [-0.25, -0.2) is 8.78 Å². The van der Waals surface area contributed by atoms with Gasteiger partial charge >= 0.3 is 0 Å². The molecule has 0 atom stereocenters. The molecule has 0 radical (unpaired) electrons. The summed E-state index contributed by atoms with van der Waals surface area (Å²) >= 11 is 0. The summed E-state index contributed by atoms with van der Waals surface area (Å²) in [6, 6.07) is 3.51. The van der Waals surface area contributed by atoms with Gasteiger partial charge in [0.1, 0.15) is 0 Å². The predicted molar refractivity (Wildman–Crippen MR) is 51.0 cm³/mol. The Bertz CT molecular complexity index is 400. The summed E-state index contributed by atoms with van der Waals surface area (Å²) in [5, 5.41) is 0. The molecule has 1 heterocycles. The molecule has 0 bridgehead atoms. The zero-order valence-electron chi connectivity index (χ0n) is 8.41. The Morgan fingerprint density at radius 1 is 1.31 bits per heavy atom. The zero-order chi connectivity index (χ0) is 11.5. The van der Waals surface area contributed by atoms with Gasteiger partial charge in [0.25, 0.3) is 0 Å². The van der Waals surface area contributed by atoms with Crippen LogP contribution in [0.1, 0.15) is 16.8 Å². The van der Waals surface area contributed by atoms with Crippen molar-refractivity contribution in [3.05, 3.63) is 35.4 Å². The molecule has 1 aliphatic heterocycles. The molecule has 0 N–H and O–H groups in total. The van der Waals surface area contributed by atoms with E-state index in [1.54, 1.807) is 0 Å². The first-order valence-corrected chi connectivity index (χ1v) is 4.89. The zero-order valence-corrected chi connectivity index (χ0v) is 8.41. The van der Waals surface area contributed by atoms with Crippen LogP contribution in [0.3, 0.4) is 0 Å². The predicted octanol–water partition coefficient (Wildman–Crippen LogP) is 1.91. The first-order chi connectivity index (χ1) is 7.68. The molecule has 0 spiro atoms. The molecule has 1 aromatic carbocycles. The second kappa shape index (κ2) is 4.67. The van der Waals surface area contributed by atoms with Crippen molar-refractivity contribution in [1.29, 1.82) is 0 Å². The Balaban J connectivity index is 2.11. The second-order valence-electron chi connectivity index (χ2n) is 3.40. The number of ketones is 1. The fourth-order valence-corrected chi connectivity index (χ4v) is 1.51. The fraction of sp³-hybridized carbons (Fsp3) is 0.364. The van der Waals surface area contributed by atoms with E-state index in [2.05, 4.69) is 0 Å². The minimum absolute atomic E-state index is 0.0969. The monoisotopic (exact) mass is 228 g/mol. The standard InChI is InChI=1S/C11H10F2O3/c12-8-3-1-2-7(11(8)13)9(14)6-10-15-4-5-16-10/h1-3,10H,4-6H2. The molecular weight excluding hydrogens is 218 g/mol. The minimum Gasteiger partial charge on any atom is -0.350 e. The number of halogens is 2. The molecule has 0 unspecified atom stereocenters. The molecule has 5 heteroatoms. The van der Waals surface area contributed by atoms with E-state index in [1.165, 1.54) is 12.1 Å². The average molecular weight is 228 g/mol. The number of ether oxygens (including phenoxy) is 2. The van der Waals surface area contributed by atoms with Crippen molar-refractivity contribution in [2.24, 2.45) is 0 Å². The van der Waals surface area contributed by atoms with Gasteiger partial charge in [0.2, 0.25) is 0 Å². The van der Waals surface area contributed by atoms with Crippen molar-refractivity contribution in [1.82, 2.24) is 0 Å². The van der Waals surface area contributed by atoms with Crippen molar-refractivity contribution >= 4 is 5.78 Å². The highest BCUT2D eigenvalue weighted by atomic mass is 19.2. The van der Waals surface area contributed by atoms with Crippen molar-refractivity contribution in [2.45, 2.75) is 12.7 Å². The van der Waals surface area contributed by atoms with E-state index in [0.29, 0.717) is 13.2 Å². The average Bonchev–Trinajstić information content (AvgIpc) is 2.74. The van der Waals surface area contributed by atoms with E-state index < -0.39 is 23.7 Å². The van der Waals surface area contributed by atoms with E-state index in [0.717, 1.165) is 6.07 Å². The van der Waals surface area contributed by atoms with E-state index in [9.17, 15) is 13.6 Å². The molecule has 1 aliphatic rings. The van der Waals surface area contributed by atoms with Crippen LogP contribution in [0.15, 0.2) is 18.2 Å². The number of benzene rings is 1. The molecule has 0 amide bonds. The molecule has 86 valence electrons. The smallest absolute Gasteiger partial charge is 0.170 e. The fourth-order valence-electron chi connectivity index (χ4n) is 1.51. The Hall–Kier alpha value is -1.33. The van der Waals surface area contributed by atoms with Crippen molar-refractivity contribution in [3.8, 4) is 0 Å². The molecular formula is C11H10F2O3. The van der Waals surface area contributed by atoms with Crippen molar-refractivity contribution in [2.75, 3.05) is 13.2 Å². The van der Waals surface area contributed by atoms with E-state index in [1.807, 2.05) is 0 Å². The Labute approximate surface area is 91.0 Å². The Morgan fingerprint density at radius 2 is 2.00 bits per heavy atom. The molecule has 0 aliphatic carbocycles. The minimum atomic E-state index is -1.12. The Morgan fingerprint density at radius 3 is 2.69 bits per heavy atom. The topological polar surface area (TPSA) is 35.5 Å². The van der Waals surface area contributed by atoms with E-state index >= 15 is 0 Å². The third-order valence-electron chi connectivity index (χ3n) is 2.29. The van der Waals surface area contributed by atoms with Gasteiger partial charge < -0.3 is 9.47 Å². The maximum atomic E-state index is 13.2. The molecule has 16 heavy (non-hydrogen) atoms. The van der Waals surface area contributed by atoms with Gasteiger partial charge in [-0.05, 0) is 12.1 Å². The number of hydrogen-bond donors (Lipinski definition) is 0. The highest BCUT2D eigenvalue weighted by Crippen LogP contribution is 2.16. The summed E-state index contributed by atoms with van der Waals surface area (Å²) in [6.07, 6.45) is -0.740. The first-order valence-electron chi connectivity index (χ1n) is 4.89. The van der Waals surface area contributed by atoms with Crippen LogP contribution in [0.2, 0.25) is 0 Å². The molecule has 2 rings (SSSR count). The molecule has 1 fully saturated rings. The van der Waals surface area contributed by atoms with Gasteiger partial charge in [0, 0.05) is 0 Å².